The Kier molecular flexibility index (Phi) is 6.17. The first kappa shape index (κ1) is 17.3. The Bertz CT molecular complexity index is 770. The van der Waals surface area contributed by atoms with Crippen molar-refractivity contribution in [1.82, 2.24) is 15.2 Å². The average molecular weight is 381 g/mol. The molecule has 0 aliphatic rings. The molecule has 2 heterocycles. The zero-order valence-corrected chi connectivity index (χ0v) is 15.6. The van der Waals surface area contributed by atoms with Gasteiger partial charge < -0.3 is 5.32 Å². The molecule has 1 N–H and O–H groups in total. The summed E-state index contributed by atoms with van der Waals surface area (Å²) in [4.78, 5) is 4.61. The number of thioether (sulfide) groups is 1. The molecule has 0 fully saturated rings. The van der Waals surface area contributed by atoms with Gasteiger partial charge in [0.1, 0.15) is 5.82 Å². The van der Waals surface area contributed by atoms with E-state index in [9.17, 15) is 4.39 Å². The standard InChI is InChI=1S/C16H17FN4S3/c1-2-3-14-19-13(9-22-14)10-23-16-21-20-15(24-16)18-8-11-4-6-12(17)7-5-11/h4-7,9H,2-3,8,10H2,1H3,(H,18,20). The van der Waals surface area contributed by atoms with E-state index in [0.717, 1.165) is 39.3 Å². The van der Waals surface area contributed by atoms with Gasteiger partial charge in [0.2, 0.25) is 5.13 Å². The molecule has 4 nitrogen and oxygen atoms in total. The molecule has 0 aliphatic heterocycles. The van der Waals surface area contributed by atoms with Crippen LogP contribution in [-0.2, 0) is 18.7 Å². The molecule has 0 saturated heterocycles. The Morgan fingerprint density at radius 2 is 2.04 bits per heavy atom. The van der Waals surface area contributed by atoms with E-state index in [-0.39, 0.29) is 5.82 Å². The van der Waals surface area contributed by atoms with E-state index in [1.807, 2.05) is 0 Å². The summed E-state index contributed by atoms with van der Waals surface area (Å²) in [5.41, 5.74) is 2.11. The molecule has 1 aromatic carbocycles. The number of anilines is 1. The van der Waals surface area contributed by atoms with Crippen molar-refractivity contribution in [3.05, 3.63) is 51.7 Å². The van der Waals surface area contributed by atoms with E-state index in [1.165, 1.54) is 28.5 Å². The highest BCUT2D eigenvalue weighted by molar-refractivity contribution is 8.00. The maximum absolute atomic E-state index is 12.9. The molecule has 0 unspecified atom stereocenters. The Morgan fingerprint density at radius 3 is 2.83 bits per heavy atom. The van der Waals surface area contributed by atoms with Crippen LogP contribution in [0.25, 0.3) is 0 Å². The number of thiazole rings is 1. The fourth-order valence-corrected chi connectivity index (χ4v) is 4.64. The predicted octanol–water partition coefficient (Wildman–Crippen LogP) is 4.99. The molecular weight excluding hydrogens is 363 g/mol. The van der Waals surface area contributed by atoms with Crippen molar-refractivity contribution in [1.29, 1.82) is 0 Å². The highest BCUT2D eigenvalue weighted by atomic mass is 32.2. The van der Waals surface area contributed by atoms with Crippen LogP contribution in [0.15, 0.2) is 34.0 Å². The second kappa shape index (κ2) is 8.55. The van der Waals surface area contributed by atoms with Crippen molar-refractivity contribution < 1.29 is 4.39 Å². The van der Waals surface area contributed by atoms with Crippen LogP contribution in [0.4, 0.5) is 9.52 Å². The van der Waals surface area contributed by atoms with Gasteiger partial charge in [-0.05, 0) is 30.5 Å². The third-order valence-corrected chi connectivity index (χ3v) is 6.18. The number of hydrogen-bond acceptors (Lipinski definition) is 7. The molecule has 0 amide bonds. The fourth-order valence-electron chi connectivity index (χ4n) is 2.00. The molecule has 3 rings (SSSR count). The van der Waals surface area contributed by atoms with Gasteiger partial charge >= 0.3 is 0 Å². The Morgan fingerprint density at radius 1 is 1.21 bits per heavy atom. The van der Waals surface area contributed by atoms with E-state index in [2.05, 4.69) is 32.8 Å². The quantitative estimate of drug-likeness (QED) is 0.558. The molecule has 0 radical (unpaired) electrons. The number of benzene rings is 1. The monoisotopic (exact) mass is 380 g/mol. The van der Waals surface area contributed by atoms with E-state index in [1.54, 1.807) is 35.2 Å². The van der Waals surface area contributed by atoms with Gasteiger partial charge in [-0.3, -0.25) is 0 Å². The SMILES string of the molecule is CCCc1nc(CSc2nnc(NCc3ccc(F)cc3)s2)cs1. The van der Waals surface area contributed by atoms with Crippen LogP contribution in [0.5, 0.6) is 0 Å². The number of aromatic nitrogens is 3. The molecule has 0 aliphatic carbocycles. The van der Waals surface area contributed by atoms with Gasteiger partial charge in [0.15, 0.2) is 4.34 Å². The molecule has 0 saturated carbocycles. The largest absolute Gasteiger partial charge is 0.356 e. The first-order chi connectivity index (χ1) is 11.7. The van der Waals surface area contributed by atoms with Crippen LogP contribution in [-0.4, -0.2) is 15.2 Å². The molecule has 3 aromatic rings. The van der Waals surface area contributed by atoms with Crippen molar-refractivity contribution in [3.8, 4) is 0 Å². The van der Waals surface area contributed by atoms with E-state index in [4.69, 9.17) is 0 Å². The van der Waals surface area contributed by atoms with Crippen molar-refractivity contribution in [2.75, 3.05) is 5.32 Å². The summed E-state index contributed by atoms with van der Waals surface area (Å²) in [5.74, 6) is 0.588. The third-order valence-electron chi connectivity index (χ3n) is 3.17. The smallest absolute Gasteiger partial charge is 0.206 e. The van der Waals surface area contributed by atoms with Crippen molar-refractivity contribution in [3.63, 3.8) is 0 Å². The molecule has 2 aromatic heterocycles. The predicted molar refractivity (Wildman–Crippen MR) is 99.3 cm³/mol. The molecule has 24 heavy (non-hydrogen) atoms. The zero-order valence-electron chi connectivity index (χ0n) is 13.2. The van der Waals surface area contributed by atoms with Gasteiger partial charge in [0.25, 0.3) is 0 Å². The van der Waals surface area contributed by atoms with Crippen LogP contribution in [0.3, 0.4) is 0 Å². The lowest BCUT2D eigenvalue weighted by Crippen LogP contribution is -1.98. The molecule has 0 atom stereocenters. The van der Waals surface area contributed by atoms with Crippen molar-refractivity contribution in [2.45, 2.75) is 36.4 Å². The lowest BCUT2D eigenvalue weighted by molar-refractivity contribution is 0.627. The summed E-state index contributed by atoms with van der Waals surface area (Å²) in [6.07, 6.45) is 2.17. The highest BCUT2D eigenvalue weighted by Crippen LogP contribution is 2.29. The Labute approximate surface area is 152 Å². The lowest BCUT2D eigenvalue weighted by atomic mass is 10.2. The number of halogens is 1. The van der Waals surface area contributed by atoms with E-state index < -0.39 is 0 Å². The number of hydrogen-bond donors (Lipinski definition) is 1. The van der Waals surface area contributed by atoms with Crippen LogP contribution in [0.1, 0.15) is 29.6 Å². The van der Waals surface area contributed by atoms with Crippen LogP contribution in [0, 0.1) is 5.82 Å². The van der Waals surface area contributed by atoms with Crippen LogP contribution >= 0.6 is 34.4 Å². The average Bonchev–Trinajstić information content (AvgIpc) is 3.22. The molecular formula is C16H17FN4S3. The second-order valence-electron chi connectivity index (χ2n) is 5.12. The summed E-state index contributed by atoms with van der Waals surface area (Å²) in [5, 5.41) is 15.6. The summed E-state index contributed by atoms with van der Waals surface area (Å²) < 4.78 is 13.8. The van der Waals surface area contributed by atoms with Gasteiger partial charge in [0, 0.05) is 17.7 Å². The summed E-state index contributed by atoms with van der Waals surface area (Å²) >= 11 is 4.90. The van der Waals surface area contributed by atoms with Gasteiger partial charge in [-0.25, -0.2) is 9.37 Å². The Balaban J connectivity index is 1.48. The molecule has 0 bridgehead atoms. The van der Waals surface area contributed by atoms with Gasteiger partial charge in [0.05, 0.1) is 10.7 Å². The van der Waals surface area contributed by atoms with Crippen molar-refractivity contribution >= 4 is 39.6 Å². The Hall–Kier alpha value is -1.51. The minimum Gasteiger partial charge on any atom is -0.356 e. The minimum atomic E-state index is -0.225. The maximum Gasteiger partial charge on any atom is 0.206 e. The van der Waals surface area contributed by atoms with Gasteiger partial charge in [-0.2, -0.15) is 0 Å². The number of nitrogens with one attached hydrogen (secondary N) is 1. The summed E-state index contributed by atoms with van der Waals surface area (Å²) in [6.45, 7) is 2.77. The van der Waals surface area contributed by atoms with Gasteiger partial charge in [-0.15, -0.1) is 21.5 Å². The molecule has 0 spiro atoms. The zero-order chi connectivity index (χ0) is 16.8. The number of aryl methyl sites for hydroxylation is 1. The maximum atomic E-state index is 12.9. The normalized spacial score (nSPS) is 10.9. The van der Waals surface area contributed by atoms with E-state index >= 15 is 0 Å². The fraction of sp³-hybridized carbons (Fsp3) is 0.312. The minimum absolute atomic E-state index is 0.225. The van der Waals surface area contributed by atoms with Gasteiger partial charge in [-0.1, -0.05) is 42.2 Å². The van der Waals surface area contributed by atoms with Crippen LogP contribution < -0.4 is 5.32 Å². The first-order valence-corrected chi connectivity index (χ1v) is 10.3. The second-order valence-corrected chi connectivity index (χ2v) is 8.27. The third kappa shape index (κ3) is 4.99. The number of nitrogens with zero attached hydrogens (tertiary/aromatic N) is 3. The van der Waals surface area contributed by atoms with E-state index in [0.29, 0.717) is 6.54 Å². The highest BCUT2D eigenvalue weighted by Gasteiger charge is 2.07. The van der Waals surface area contributed by atoms with Crippen molar-refractivity contribution in [2.24, 2.45) is 0 Å². The molecule has 126 valence electrons. The summed E-state index contributed by atoms with van der Waals surface area (Å²) in [6, 6.07) is 6.43. The topological polar surface area (TPSA) is 50.7 Å². The summed E-state index contributed by atoms with van der Waals surface area (Å²) in [7, 11) is 0. The number of rotatable bonds is 8. The first-order valence-electron chi connectivity index (χ1n) is 7.61. The van der Waals surface area contributed by atoms with Crippen LogP contribution in [0.2, 0.25) is 0 Å². The molecule has 8 heteroatoms. The lowest BCUT2D eigenvalue weighted by Gasteiger charge is -2.01.